The average Bonchev–Trinajstić information content (AvgIpc) is 3.28. The molecule has 7 heteroatoms. The lowest BCUT2D eigenvalue weighted by Crippen LogP contribution is -2.47. The van der Waals surface area contributed by atoms with Gasteiger partial charge in [0, 0.05) is 35.3 Å². The number of benzene rings is 2. The van der Waals surface area contributed by atoms with Crippen LogP contribution < -0.4 is 9.80 Å². The van der Waals surface area contributed by atoms with Crippen LogP contribution in [0.25, 0.3) is 0 Å². The lowest BCUT2D eigenvalue weighted by Gasteiger charge is -2.32. The van der Waals surface area contributed by atoms with Crippen LogP contribution in [0.3, 0.4) is 0 Å². The van der Waals surface area contributed by atoms with Crippen molar-refractivity contribution in [3.05, 3.63) is 59.1 Å². The highest BCUT2D eigenvalue weighted by Gasteiger charge is 2.30. The fourth-order valence-corrected chi connectivity index (χ4v) is 4.23. The van der Waals surface area contributed by atoms with Crippen molar-refractivity contribution < 1.29 is 19.5 Å². The molecule has 0 unspecified atom stereocenters. The van der Waals surface area contributed by atoms with Gasteiger partial charge in [0.05, 0.1) is 0 Å². The molecule has 0 atom stereocenters. The van der Waals surface area contributed by atoms with Crippen molar-refractivity contribution in [2.45, 2.75) is 57.9 Å². The summed E-state index contributed by atoms with van der Waals surface area (Å²) in [5.74, 6) is -1.36. The van der Waals surface area contributed by atoms with Gasteiger partial charge in [-0.25, -0.2) is 0 Å². The minimum absolute atomic E-state index is 0.0673. The SMILES string of the molecule is Cc1ccc(N(CC(=O)N(c2ccc(Cl)cc2)C2CCCC2)C(=O)CCCC(=O)O)cc1. The number of aryl methyl sites for hydroxylation is 1. The second-order valence-corrected chi connectivity index (χ2v) is 8.68. The molecule has 1 aliphatic rings. The summed E-state index contributed by atoms with van der Waals surface area (Å²) in [5, 5.41) is 9.50. The van der Waals surface area contributed by atoms with E-state index in [1.807, 2.05) is 43.3 Å². The van der Waals surface area contributed by atoms with E-state index < -0.39 is 5.97 Å². The Morgan fingerprint density at radius 2 is 1.50 bits per heavy atom. The van der Waals surface area contributed by atoms with E-state index in [4.69, 9.17) is 16.7 Å². The number of carboxylic acid groups (broad SMARTS) is 1. The van der Waals surface area contributed by atoms with Gasteiger partial charge in [-0.3, -0.25) is 14.4 Å². The maximum absolute atomic E-state index is 13.6. The predicted molar refractivity (Wildman–Crippen MR) is 126 cm³/mol. The summed E-state index contributed by atoms with van der Waals surface area (Å²) in [5.41, 5.74) is 2.45. The molecular weight excluding hydrogens is 428 g/mol. The van der Waals surface area contributed by atoms with E-state index in [9.17, 15) is 14.4 Å². The van der Waals surface area contributed by atoms with Gasteiger partial charge < -0.3 is 14.9 Å². The molecule has 32 heavy (non-hydrogen) atoms. The molecule has 2 aromatic carbocycles. The Hall–Kier alpha value is -2.86. The second-order valence-electron chi connectivity index (χ2n) is 8.24. The van der Waals surface area contributed by atoms with Gasteiger partial charge in [0.25, 0.3) is 0 Å². The number of amides is 2. The molecule has 0 aromatic heterocycles. The number of hydrogen-bond acceptors (Lipinski definition) is 3. The van der Waals surface area contributed by atoms with E-state index >= 15 is 0 Å². The second kappa shape index (κ2) is 11.1. The van der Waals surface area contributed by atoms with Gasteiger partial charge in [-0.05, 0) is 62.6 Å². The molecule has 0 bridgehead atoms. The zero-order valence-electron chi connectivity index (χ0n) is 18.3. The normalized spacial score (nSPS) is 13.7. The van der Waals surface area contributed by atoms with Gasteiger partial charge >= 0.3 is 5.97 Å². The Morgan fingerprint density at radius 1 is 0.906 bits per heavy atom. The number of hydrogen-bond donors (Lipinski definition) is 1. The summed E-state index contributed by atoms with van der Waals surface area (Å²) in [4.78, 5) is 40.7. The van der Waals surface area contributed by atoms with Crippen molar-refractivity contribution in [2.75, 3.05) is 16.3 Å². The third kappa shape index (κ3) is 6.33. The van der Waals surface area contributed by atoms with Crippen LogP contribution in [0.5, 0.6) is 0 Å². The molecule has 0 spiro atoms. The Balaban J connectivity index is 1.85. The lowest BCUT2D eigenvalue weighted by molar-refractivity contribution is -0.137. The fourth-order valence-electron chi connectivity index (χ4n) is 4.11. The van der Waals surface area contributed by atoms with Crippen LogP contribution >= 0.6 is 11.6 Å². The van der Waals surface area contributed by atoms with Crippen molar-refractivity contribution in [3.63, 3.8) is 0 Å². The first-order valence-corrected chi connectivity index (χ1v) is 11.4. The summed E-state index contributed by atoms with van der Waals surface area (Å²) < 4.78 is 0. The largest absolute Gasteiger partial charge is 0.481 e. The van der Waals surface area contributed by atoms with Crippen LogP contribution in [0.15, 0.2) is 48.5 Å². The zero-order chi connectivity index (χ0) is 23.1. The third-order valence-electron chi connectivity index (χ3n) is 5.78. The van der Waals surface area contributed by atoms with E-state index in [0.29, 0.717) is 10.7 Å². The van der Waals surface area contributed by atoms with E-state index in [0.717, 1.165) is 36.9 Å². The van der Waals surface area contributed by atoms with E-state index in [-0.39, 0.29) is 43.7 Å². The number of aliphatic carboxylic acids is 1. The Labute approximate surface area is 193 Å². The summed E-state index contributed by atoms with van der Waals surface area (Å²) in [6.07, 6.45) is 4.19. The Morgan fingerprint density at radius 3 is 2.09 bits per heavy atom. The molecule has 2 aromatic rings. The average molecular weight is 457 g/mol. The number of nitrogens with zero attached hydrogens (tertiary/aromatic N) is 2. The van der Waals surface area contributed by atoms with Gasteiger partial charge in [-0.2, -0.15) is 0 Å². The summed E-state index contributed by atoms with van der Waals surface area (Å²) >= 11 is 6.05. The first kappa shape index (κ1) is 23.8. The van der Waals surface area contributed by atoms with E-state index in [2.05, 4.69) is 0 Å². The number of carbonyl (C=O) groups excluding carboxylic acids is 2. The first-order valence-electron chi connectivity index (χ1n) is 11.0. The number of rotatable bonds is 9. The van der Waals surface area contributed by atoms with Crippen LogP contribution in [0.2, 0.25) is 5.02 Å². The van der Waals surface area contributed by atoms with Gasteiger partial charge in [-0.1, -0.05) is 42.1 Å². The highest BCUT2D eigenvalue weighted by molar-refractivity contribution is 6.30. The molecule has 3 rings (SSSR count). The number of halogens is 1. The number of carboxylic acids is 1. The van der Waals surface area contributed by atoms with Gasteiger partial charge in [0.15, 0.2) is 0 Å². The minimum atomic E-state index is -0.939. The third-order valence-corrected chi connectivity index (χ3v) is 6.04. The molecule has 0 heterocycles. The molecule has 6 nitrogen and oxygen atoms in total. The topological polar surface area (TPSA) is 77.9 Å². The maximum atomic E-state index is 13.6. The van der Waals surface area contributed by atoms with Crippen molar-refractivity contribution in [3.8, 4) is 0 Å². The lowest BCUT2D eigenvalue weighted by atomic mass is 10.1. The molecule has 0 aliphatic heterocycles. The predicted octanol–water partition coefficient (Wildman–Crippen LogP) is 5.21. The van der Waals surface area contributed by atoms with Crippen LogP contribution in [0, 0.1) is 6.92 Å². The van der Waals surface area contributed by atoms with E-state index in [1.54, 1.807) is 17.0 Å². The smallest absolute Gasteiger partial charge is 0.303 e. The van der Waals surface area contributed by atoms with Crippen LogP contribution in [-0.4, -0.2) is 35.5 Å². The summed E-state index contributed by atoms with van der Waals surface area (Å²) in [6, 6.07) is 14.7. The maximum Gasteiger partial charge on any atom is 0.303 e. The quantitative estimate of drug-likeness (QED) is 0.561. The number of carbonyl (C=O) groups is 3. The minimum Gasteiger partial charge on any atom is -0.481 e. The fraction of sp³-hybridized carbons (Fsp3) is 0.400. The zero-order valence-corrected chi connectivity index (χ0v) is 19.1. The molecule has 1 aliphatic carbocycles. The Kier molecular flexibility index (Phi) is 8.28. The molecule has 0 radical (unpaired) electrons. The number of anilines is 2. The van der Waals surface area contributed by atoms with Crippen molar-refractivity contribution in [2.24, 2.45) is 0 Å². The molecule has 1 fully saturated rings. The van der Waals surface area contributed by atoms with Gasteiger partial charge in [0.1, 0.15) is 6.54 Å². The molecule has 1 N–H and O–H groups in total. The standard InChI is InChI=1S/C25H29ClN2O4/c1-18-9-13-20(14-10-18)27(23(29)7-4-8-25(31)32)17-24(30)28(21-5-2-3-6-21)22-15-11-19(26)12-16-22/h9-16,21H,2-8,17H2,1H3,(H,31,32). The highest BCUT2D eigenvalue weighted by atomic mass is 35.5. The summed E-state index contributed by atoms with van der Waals surface area (Å²) in [7, 11) is 0. The van der Waals surface area contributed by atoms with Crippen LogP contribution in [0.1, 0.15) is 50.5 Å². The summed E-state index contributed by atoms with van der Waals surface area (Å²) in [6.45, 7) is 1.85. The Bertz CT molecular complexity index is 937. The molecule has 2 amide bonds. The van der Waals surface area contributed by atoms with Crippen molar-refractivity contribution >= 4 is 40.8 Å². The van der Waals surface area contributed by atoms with Gasteiger partial charge in [-0.15, -0.1) is 0 Å². The van der Waals surface area contributed by atoms with Crippen molar-refractivity contribution in [1.82, 2.24) is 0 Å². The molecular formula is C25H29ClN2O4. The van der Waals surface area contributed by atoms with Crippen LogP contribution in [0.4, 0.5) is 11.4 Å². The van der Waals surface area contributed by atoms with E-state index in [1.165, 1.54) is 4.90 Å². The van der Waals surface area contributed by atoms with Crippen molar-refractivity contribution in [1.29, 1.82) is 0 Å². The molecule has 170 valence electrons. The molecule has 1 saturated carbocycles. The molecule has 0 saturated heterocycles. The van der Waals surface area contributed by atoms with Gasteiger partial charge in [0.2, 0.25) is 11.8 Å². The van der Waals surface area contributed by atoms with Crippen LogP contribution in [-0.2, 0) is 14.4 Å². The monoisotopic (exact) mass is 456 g/mol. The highest BCUT2D eigenvalue weighted by Crippen LogP contribution is 2.30. The first-order chi connectivity index (χ1) is 15.3.